The average Bonchev–Trinajstić information content (AvgIpc) is 2.66. The average molecular weight is 455 g/mol. The minimum Gasteiger partial charge on any atom is -0.506 e. The first-order chi connectivity index (χ1) is 13.3. The van der Waals surface area contributed by atoms with Crippen molar-refractivity contribution in [3.8, 4) is 5.75 Å². The Labute approximate surface area is 183 Å². The quantitative estimate of drug-likeness (QED) is 0.346. The van der Waals surface area contributed by atoms with E-state index >= 15 is 0 Å². The largest absolute Gasteiger partial charge is 0.506 e. The molecule has 3 rings (SSSR count). The van der Waals surface area contributed by atoms with E-state index < -0.39 is 6.10 Å². The molecule has 146 valence electrons. The third kappa shape index (κ3) is 5.07. The fraction of sp³-hybridized carbons (Fsp3) is 0.143. The lowest BCUT2D eigenvalue weighted by atomic mass is 10.1. The molecule has 28 heavy (non-hydrogen) atoms. The number of hydrogen-bond acceptors (Lipinski definition) is 4. The third-order valence-corrected chi connectivity index (χ3v) is 6.25. The van der Waals surface area contributed by atoms with Gasteiger partial charge in [-0.3, -0.25) is 0 Å². The van der Waals surface area contributed by atoms with E-state index in [0.717, 1.165) is 15.4 Å². The van der Waals surface area contributed by atoms with E-state index in [0.29, 0.717) is 27.8 Å². The van der Waals surface area contributed by atoms with Crippen LogP contribution in [0.3, 0.4) is 0 Å². The predicted octanol–water partition coefficient (Wildman–Crippen LogP) is 7.17. The molecule has 3 aromatic rings. The number of anilines is 1. The van der Waals surface area contributed by atoms with Crippen LogP contribution in [-0.4, -0.2) is 10.2 Å². The van der Waals surface area contributed by atoms with Crippen molar-refractivity contribution in [2.45, 2.75) is 29.4 Å². The molecule has 1 atom stereocenters. The van der Waals surface area contributed by atoms with Crippen molar-refractivity contribution in [3.05, 3.63) is 80.8 Å². The summed E-state index contributed by atoms with van der Waals surface area (Å²) in [7, 11) is 0. The molecule has 0 saturated heterocycles. The van der Waals surface area contributed by atoms with Crippen LogP contribution >= 0.6 is 46.6 Å². The predicted molar refractivity (Wildman–Crippen MR) is 118 cm³/mol. The van der Waals surface area contributed by atoms with Crippen molar-refractivity contribution in [1.82, 2.24) is 0 Å². The summed E-state index contributed by atoms with van der Waals surface area (Å²) < 4.78 is 0. The highest BCUT2D eigenvalue weighted by molar-refractivity contribution is 7.99. The van der Waals surface area contributed by atoms with E-state index in [1.807, 2.05) is 36.4 Å². The fourth-order valence-corrected chi connectivity index (χ4v) is 4.23. The lowest BCUT2D eigenvalue weighted by molar-refractivity contribution is 0.195. The van der Waals surface area contributed by atoms with Crippen molar-refractivity contribution in [3.63, 3.8) is 0 Å². The summed E-state index contributed by atoms with van der Waals surface area (Å²) in [5.74, 6) is -0.0993. The minimum absolute atomic E-state index is 0.0993. The van der Waals surface area contributed by atoms with Crippen LogP contribution in [0.25, 0.3) is 0 Å². The number of aliphatic hydroxyl groups is 1. The molecule has 3 N–H and O–H groups in total. The first kappa shape index (κ1) is 21.2. The molecule has 0 amide bonds. The van der Waals surface area contributed by atoms with E-state index in [4.69, 9.17) is 34.8 Å². The Kier molecular flexibility index (Phi) is 7.02. The van der Waals surface area contributed by atoms with Gasteiger partial charge in [0.2, 0.25) is 0 Å². The fourth-order valence-electron chi connectivity index (χ4n) is 2.65. The Hall–Kier alpha value is -1.56. The molecule has 0 aliphatic heterocycles. The number of hydrogen-bond donors (Lipinski definition) is 3. The van der Waals surface area contributed by atoms with Crippen LogP contribution in [0, 0.1) is 0 Å². The van der Waals surface area contributed by atoms with Crippen LogP contribution in [-0.2, 0) is 6.54 Å². The smallest absolute Gasteiger partial charge is 0.140 e. The van der Waals surface area contributed by atoms with Gasteiger partial charge in [-0.05, 0) is 48.9 Å². The summed E-state index contributed by atoms with van der Waals surface area (Å²) in [6.45, 7) is 2.13. The van der Waals surface area contributed by atoms with Gasteiger partial charge in [0.15, 0.2) is 0 Å². The monoisotopic (exact) mass is 453 g/mol. The Bertz CT molecular complexity index is 995. The van der Waals surface area contributed by atoms with E-state index in [1.54, 1.807) is 36.9 Å². The zero-order chi connectivity index (χ0) is 20.3. The van der Waals surface area contributed by atoms with E-state index in [9.17, 15) is 10.2 Å². The summed E-state index contributed by atoms with van der Waals surface area (Å²) in [6.07, 6.45) is -0.822. The van der Waals surface area contributed by atoms with E-state index in [1.165, 1.54) is 0 Å². The van der Waals surface area contributed by atoms with Crippen LogP contribution < -0.4 is 5.32 Å². The van der Waals surface area contributed by atoms with Crippen LogP contribution in [0.15, 0.2) is 64.4 Å². The first-order valence-electron chi connectivity index (χ1n) is 8.50. The number of benzene rings is 3. The molecule has 0 radical (unpaired) electrons. The highest BCUT2D eigenvalue weighted by Crippen LogP contribution is 2.36. The number of aliphatic hydroxyl groups excluding tert-OH is 1. The first-order valence-corrected chi connectivity index (χ1v) is 10.5. The van der Waals surface area contributed by atoms with Crippen LogP contribution in [0.5, 0.6) is 5.75 Å². The second-order valence-corrected chi connectivity index (χ2v) is 8.55. The van der Waals surface area contributed by atoms with Crippen LogP contribution in [0.4, 0.5) is 5.69 Å². The molecule has 0 spiro atoms. The van der Waals surface area contributed by atoms with Crippen LogP contribution in [0.2, 0.25) is 15.1 Å². The Morgan fingerprint density at radius 3 is 2.43 bits per heavy atom. The van der Waals surface area contributed by atoms with Gasteiger partial charge in [0.05, 0.1) is 21.2 Å². The summed E-state index contributed by atoms with van der Waals surface area (Å²) in [5, 5.41) is 24.3. The maximum absolute atomic E-state index is 9.98. The summed E-state index contributed by atoms with van der Waals surface area (Å²) in [4.78, 5) is 2.07. The van der Waals surface area contributed by atoms with E-state index in [-0.39, 0.29) is 10.8 Å². The molecule has 0 heterocycles. The third-order valence-electron chi connectivity index (χ3n) is 4.12. The zero-order valence-corrected chi connectivity index (χ0v) is 18.0. The molecular formula is C21H18Cl3NO2S. The van der Waals surface area contributed by atoms with Gasteiger partial charge in [-0.1, -0.05) is 64.8 Å². The molecule has 0 aromatic heterocycles. The van der Waals surface area contributed by atoms with Crippen molar-refractivity contribution in [2.24, 2.45) is 0 Å². The zero-order valence-electron chi connectivity index (χ0n) is 14.9. The van der Waals surface area contributed by atoms with Gasteiger partial charge >= 0.3 is 0 Å². The normalized spacial score (nSPS) is 12.0. The van der Waals surface area contributed by atoms with Gasteiger partial charge in [0, 0.05) is 27.6 Å². The molecule has 1 unspecified atom stereocenters. The maximum Gasteiger partial charge on any atom is 0.140 e. The lowest BCUT2D eigenvalue weighted by Crippen LogP contribution is -2.02. The molecule has 0 aliphatic rings. The van der Waals surface area contributed by atoms with Crippen molar-refractivity contribution >= 4 is 52.3 Å². The Balaban J connectivity index is 1.80. The Morgan fingerprint density at radius 2 is 1.71 bits per heavy atom. The molecule has 0 saturated carbocycles. The van der Waals surface area contributed by atoms with Gasteiger partial charge in [0.25, 0.3) is 0 Å². The maximum atomic E-state index is 9.98. The number of phenols is 1. The number of halogens is 3. The molecule has 0 fully saturated rings. The molecule has 0 bridgehead atoms. The summed E-state index contributed by atoms with van der Waals surface area (Å²) in [6, 6.07) is 16.9. The molecule has 3 nitrogen and oxygen atoms in total. The number of rotatable bonds is 6. The highest BCUT2D eigenvalue weighted by Gasteiger charge is 2.13. The molecule has 3 aromatic carbocycles. The standard InChI is InChI=1S/C21H18Cl3NO2S/c1-12(26)16-8-14(9-19(24)21(16)27)25-11-13-4-2-3-5-20(13)28-15-6-7-17(22)18(23)10-15/h2-10,12,25-27H,11H2,1H3. The van der Waals surface area contributed by atoms with Crippen LogP contribution in [0.1, 0.15) is 24.2 Å². The van der Waals surface area contributed by atoms with Crippen molar-refractivity contribution in [2.75, 3.05) is 5.32 Å². The minimum atomic E-state index is -0.822. The molecule has 7 heteroatoms. The van der Waals surface area contributed by atoms with Gasteiger partial charge in [-0.25, -0.2) is 0 Å². The highest BCUT2D eigenvalue weighted by atomic mass is 35.5. The molecular weight excluding hydrogens is 437 g/mol. The van der Waals surface area contributed by atoms with Crippen molar-refractivity contribution in [1.29, 1.82) is 0 Å². The Morgan fingerprint density at radius 1 is 0.964 bits per heavy atom. The number of nitrogens with one attached hydrogen (secondary N) is 1. The van der Waals surface area contributed by atoms with Gasteiger partial charge in [0.1, 0.15) is 5.75 Å². The summed E-state index contributed by atoms with van der Waals surface area (Å²) in [5.41, 5.74) is 2.18. The number of aromatic hydroxyl groups is 1. The van der Waals surface area contributed by atoms with Gasteiger partial charge in [-0.15, -0.1) is 0 Å². The van der Waals surface area contributed by atoms with E-state index in [2.05, 4.69) is 5.32 Å². The number of phenolic OH excluding ortho intramolecular Hbond substituents is 1. The van der Waals surface area contributed by atoms with Gasteiger partial charge in [-0.2, -0.15) is 0 Å². The topological polar surface area (TPSA) is 52.5 Å². The molecule has 0 aliphatic carbocycles. The lowest BCUT2D eigenvalue weighted by Gasteiger charge is -2.15. The summed E-state index contributed by atoms with van der Waals surface area (Å²) >= 11 is 19.8. The second kappa shape index (κ2) is 9.29. The van der Waals surface area contributed by atoms with Crippen molar-refractivity contribution < 1.29 is 10.2 Å². The van der Waals surface area contributed by atoms with Gasteiger partial charge < -0.3 is 15.5 Å². The second-order valence-electron chi connectivity index (χ2n) is 6.21. The SMILES string of the molecule is CC(O)c1cc(NCc2ccccc2Sc2ccc(Cl)c(Cl)c2)cc(Cl)c1O.